The van der Waals surface area contributed by atoms with Crippen LogP contribution in [-0.4, -0.2) is 83.5 Å². The SMILES string of the molecule is [2H]c1c([2H])c([C@]2([2H])C([2H])([2H])[C@@]2([2H])Nc2nc(SC([2H])([2H])CC)nc3c2nnn3[C@@H]2C[C@H](OCCO)[C@@H](O)[C@H]2O)c([2H])c(F)c1C. The van der Waals surface area contributed by atoms with Crippen LogP contribution in [0.4, 0.5) is 10.2 Å². The normalized spacial score (nSPS) is 37.1. The van der Waals surface area contributed by atoms with E-state index in [1.165, 1.54) is 6.92 Å². The maximum absolute atomic E-state index is 14.9. The molecule has 2 heterocycles. The van der Waals surface area contributed by atoms with Gasteiger partial charge in [0.2, 0.25) is 0 Å². The predicted octanol–water partition coefficient (Wildman–Crippen LogP) is 2.18. The van der Waals surface area contributed by atoms with Gasteiger partial charge in [-0.1, -0.05) is 36.0 Å². The van der Waals surface area contributed by atoms with E-state index in [-0.39, 0.29) is 53.8 Å². The third-order valence-electron chi connectivity index (χ3n) is 5.82. The molecule has 4 N–H and O–H groups in total. The summed E-state index contributed by atoms with van der Waals surface area (Å²) in [5.41, 5.74) is -3.29. The number of aromatic nitrogens is 5. The van der Waals surface area contributed by atoms with Crippen molar-refractivity contribution in [3.63, 3.8) is 0 Å². The van der Waals surface area contributed by atoms with Crippen molar-refractivity contribution in [3.05, 3.63) is 35.1 Å². The Labute approximate surface area is 224 Å². The molecule has 0 unspecified atom stereocenters. The zero-order valence-electron chi connectivity index (χ0n) is 28.4. The van der Waals surface area contributed by atoms with Crippen LogP contribution in [0.25, 0.3) is 11.2 Å². The van der Waals surface area contributed by atoms with Gasteiger partial charge in [-0.25, -0.2) is 19.0 Å². The molecule has 0 amide bonds. The number of thioether (sulfide) groups is 1. The topological polar surface area (TPSA) is 138 Å². The highest BCUT2D eigenvalue weighted by Gasteiger charge is 2.45. The minimum Gasteiger partial charge on any atom is -0.394 e. The van der Waals surface area contributed by atoms with Crippen molar-refractivity contribution < 1.29 is 36.8 Å². The largest absolute Gasteiger partial charge is 0.394 e. The van der Waals surface area contributed by atoms with Crippen molar-refractivity contribution in [1.82, 2.24) is 25.0 Å². The smallest absolute Gasteiger partial charge is 0.191 e. The quantitative estimate of drug-likeness (QED) is 0.229. The second kappa shape index (κ2) is 10.5. The number of nitrogens with zero attached hydrogens (tertiary/aromatic N) is 5. The van der Waals surface area contributed by atoms with E-state index in [0.29, 0.717) is 11.8 Å². The Hall–Kier alpha value is -2.38. The lowest BCUT2D eigenvalue weighted by Crippen LogP contribution is -2.33. The number of anilines is 1. The van der Waals surface area contributed by atoms with Crippen LogP contribution < -0.4 is 5.32 Å². The summed E-state index contributed by atoms with van der Waals surface area (Å²) in [4.78, 5) is 8.62. The maximum atomic E-state index is 14.9. The second-order valence-electron chi connectivity index (χ2n) is 8.27. The standard InChI is InChI=1S/C24H31FN6O4S/c1-3-8-36-24-27-22(26-16-10-14(16)13-5-4-12(2)15(25)9-13)19-23(28-24)31(30-29-19)17-11-18(35-7-6-32)21(34)20(17)33/h4-5,9,14,16-18,20-21,32-34H,3,6-8,10-11H2,1-2H3,(H,26,27,28)/t14-,16+,17+,18-,20-,21+/m0/s1/i4D,5D,8D2,9D,10D2,14D,16D. The Bertz CT molecular complexity index is 1630. The molecule has 0 aliphatic heterocycles. The van der Waals surface area contributed by atoms with Gasteiger partial charge in [-0.15, -0.1) is 5.10 Å². The number of benzene rings is 1. The summed E-state index contributed by atoms with van der Waals surface area (Å²) in [6.07, 6.45) is -6.50. The number of rotatable bonds is 10. The first-order valence-corrected chi connectivity index (χ1v) is 12.1. The lowest BCUT2D eigenvalue weighted by atomic mass is 10.1. The van der Waals surface area contributed by atoms with Crippen LogP contribution in [0.15, 0.2) is 23.3 Å². The second-order valence-corrected chi connectivity index (χ2v) is 9.12. The van der Waals surface area contributed by atoms with E-state index in [9.17, 15) is 14.6 Å². The molecule has 0 bridgehead atoms. The van der Waals surface area contributed by atoms with E-state index in [0.717, 1.165) is 4.68 Å². The molecule has 12 heteroatoms. The van der Waals surface area contributed by atoms with Crippen LogP contribution in [0.1, 0.15) is 61.5 Å². The highest BCUT2D eigenvalue weighted by molar-refractivity contribution is 7.99. The molecule has 2 saturated carbocycles. The van der Waals surface area contributed by atoms with Crippen molar-refractivity contribution in [3.8, 4) is 0 Å². The van der Waals surface area contributed by atoms with Crippen molar-refractivity contribution >= 4 is 28.7 Å². The van der Waals surface area contributed by atoms with Crippen molar-refractivity contribution in [2.75, 3.05) is 24.2 Å². The molecule has 0 radical (unpaired) electrons. The average molecular weight is 528 g/mol. The Morgan fingerprint density at radius 2 is 2.22 bits per heavy atom. The maximum Gasteiger partial charge on any atom is 0.191 e. The third-order valence-corrected chi connectivity index (χ3v) is 6.62. The van der Waals surface area contributed by atoms with Gasteiger partial charge < -0.3 is 25.4 Å². The van der Waals surface area contributed by atoms with Crippen LogP contribution >= 0.6 is 11.8 Å². The molecular weight excluding hydrogens is 487 g/mol. The molecule has 0 saturated heterocycles. The molecule has 0 spiro atoms. The summed E-state index contributed by atoms with van der Waals surface area (Å²) in [6, 6.07) is -6.09. The molecule has 2 aliphatic rings. The number of fused-ring (bicyclic) bond motifs is 1. The van der Waals surface area contributed by atoms with Gasteiger partial charge in [0.25, 0.3) is 0 Å². The molecule has 3 aromatic rings. The molecular formula is C24H31FN6O4S. The Kier molecular flexibility index (Phi) is 4.82. The molecule has 10 nitrogen and oxygen atoms in total. The van der Waals surface area contributed by atoms with Gasteiger partial charge in [-0.2, -0.15) is 0 Å². The molecule has 36 heavy (non-hydrogen) atoms. The summed E-state index contributed by atoms with van der Waals surface area (Å²) in [5.74, 6) is -4.36. The van der Waals surface area contributed by atoms with Crippen LogP contribution in [-0.2, 0) is 4.74 Å². The van der Waals surface area contributed by atoms with Gasteiger partial charge in [0.1, 0.15) is 18.0 Å². The average Bonchev–Trinajstić information content (AvgIpc) is 3.35. The fraction of sp³-hybridized carbons (Fsp3) is 0.583. The van der Waals surface area contributed by atoms with Gasteiger partial charge in [0.15, 0.2) is 22.1 Å². The molecule has 2 fully saturated rings. The van der Waals surface area contributed by atoms with Crippen LogP contribution in [0.3, 0.4) is 0 Å². The van der Waals surface area contributed by atoms with E-state index >= 15 is 0 Å². The lowest BCUT2D eigenvalue weighted by molar-refractivity contribution is -0.0629. The molecule has 1 aromatic carbocycles. The highest BCUT2D eigenvalue weighted by atomic mass is 32.2. The fourth-order valence-corrected chi connectivity index (χ4v) is 4.49. The van der Waals surface area contributed by atoms with E-state index < -0.39 is 77.9 Å². The number of aliphatic hydroxyl groups excluding tert-OH is 3. The van der Waals surface area contributed by atoms with Crippen molar-refractivity contribution in [2.45, 2.75) is 74.5 Å². The number of aliphatic hydroxyl groups is 3. The van der Waals surface area contributed by atoms with Crippen LogP contribution in [0.2, 0.25) is 0 Å². The molecule has 2 aromatic heterocycles. The highest BCUT2D eigenvalue weighted by Crippen LogP contribution is 2.44. The van der Waals surface area contributed by atoms with Gasteiger partial charge in [0, 0.05) is 30.9 Å². The predicted molar refractivity (Wildman–Crippen MR) is 133 cm³/mol. The Morgan fingerprint density at radius 3 is 3.00 bits per heavy atom. The van der Waals surface area contributed by atoms with Gasteiger partial charge in [-0.3, -0.25) is 0 Å². The van der Waals surface area contributed by atoms with Gasteiger partial charge in [-0.05, 0) is 36.9 Å². The molecule has 2 aliphatic carbocycles. The fourth-order valence-electron chi connectivity index (χ4n) is 3.95. The first kappa shape index (κ1) is 16.5. The van der Waals surface area contributed by atoms with E-state index in [1.807, 2.05) is 0 Å². The van der Waals surface area contributed by atoms with Crippen molar-refractivity contribution in [1.29, 1.82) is 0 Å². The number of halogens is 1. The van der Waals surface area contributed by atoms with E-state index in [1.54, 1.807) is 6.92 Å². The minimum atomic E-state index is -2.87. The van der Waals surface area contributed by atoms with E-state index in [2.05, 4.69) is 25.6 Å². The summed E-state index contributed by atoms with van der Waals surface area (Å²) >= 11 is 0.597. The Balaban J connectivity index is 1.63. The monoisotopic (exact) mass is 527 g/mol. The minimum absolute atomic E-state index is 0.0135. The van der Waals surface area contributed by atoms with Crippen molar-refractivity contribution in [2.24, 2.45) is 0 Å². The zero-order valence-corrected chi connectivity index (χ0v) is 20.2. The van der Waals surface area contributed by atoms with Gasteiger partial charge >= 0.3 is 0 Å². The lowest BCUT2D eigenvalue weighted by Gasteiger charge is -2.17. The summed E-state index contributed by atoms with van der Waals surface area (Å²) in [5, 5.41) is 40.8. The van der Waals surface area contributed by atoms with Crippen LogP contribution in [0.5, 0.6) is 0 Å². The molecule has 5 rings (SSSR count). The van der Waals surface area contributed by atoms with Crippen LogP contribution in [0, 0.1) is 12.7 Å². The molecule has 6 atom stereocenters. The molecule has 194 valence electrons. The van der Waals surface area contributed by atoms with Gasteiger partial charge in [0.05, 0.1) is 30.8 Å². The number of nitrogens with one attached hydrogen (secondary N) is 1. The third kappa shape index (κ3) is 4.92. The number of ether oxygens (including phenoxy) is 1. The number of hydrogen-bond donors (Lipinski definition) is 4. The first-order valence-electron chi connectivity index (χ1n) is 15.8. The Morgan fingerprint density at radius 1 is 1.39 bits per heavy atom. The summed E-state index contributed by atoms with van der Waals surface area (Å²) in [6.45, 7) is 2.35. The zero-order chi connectivity index (χ0) is 33.4. The van der Waals surface area contributed by atoms with E-state index in [4.69, 9.17) is 22.2 Å². The number of hydrogen-bond acceptors (Lipinski definition) is 10. The summed E-state index contributed by atoms with van der Waals surface area (Å²) < 4.78 is 97.7. The summed E-state index contributed by atoms with van der Waals surface area (Å²) in [7, 11) is 0. The first-order chi connectivity index (χ1) is 20.9.